The van der Waals surface area contributed by atoms with Gasteiger partial charge in [0, 0.05) is 19.1 Å². The molecule has 5 nitrogen and oxygen atoms in total. The molecule has 28 heavy (non-hydrogen) atoms. The number of sulfonamides is 1. The summed E-state index contributed by atoms with van der Waals surface area (Å²) in [5.41, 5.74) is 1.44. The third-order valence-electron chi connectivity index (χ3n) is 6.17. The van der Waals surface area contributed by atoms with Crippen LogP contribution in [-0.2, 0) is 27.9 Å². The molecule has 1 aliphatic heterocycles. The highest BCUT2D eigenvalue weighted by molar-refractivity contribution is 7.89. The molecule has 1 amide bonds. The lowest BCUT2D eigenvalue weighted by Gasteiger charge is -2.50. The summed E-state index contributed by atoms with van der Waals surface area (Å²) in [6, 6.07) is 11.4. The molecule has 2 fully saturated rings. The predicted octanol–water partition coefficient (Wildman–Crippen LogP) is 3.53. The number of carbonyl (C=O) groups excluding carboxylic acids is 1. The minimum absolute atomic E-state index is 0.0105. The first kappa shape index (κ1) is 19.6. The zero-order valence-electron chi connectivity index (χ0n) is 15.8. The Hall–Kier alpha value is -1.70. The van der Waals surface area contributed by atoms with Crippen molar-refractivity contribution in [2.45, 2.75) is 51.2 Å². The van der Waals surface area contributed by atoms with Gasteiger partial charge in [0.15, 0.2) is 0 Å². The van der Waals surface area contributed by atoms with Crippen molar-refractivity contribution in [2.75, 3.05) is 5.75 Å². The van der Waals surface area contributed by atoms with E-state index in [0.29, 0.717) is 19.5 Å². The van der Waals surface area contributed by atoms with Crippen LogP contribution in [0.2, 0.25) is 0 Å². The Morgan fingerprint density at radius 3 is 2.71 bits per heavy atom. The normalized spacial score (nSPS) is 27.1. The summed E-state index contributed by atoms with van der Waals surface area (Å²) in [4.78, 5) is 13.3. The fraction of sp³-hybridized carbons (Fsp3) is 0.476. The standard InChI is InChI=1S/C21H26N2O3S2/c24-20(22-14-18-9-12-27-16-18)21-10-5-4-8-19(21)23(28(25,26)13-11-21)15-17-6-2-1-3-7-17/h1-3,6-7,9,12,16,19H,4-5,8,10-11,13-15H2,(H,22,24)/t19-,21-/m1/s1. The summed E-state index contributed by atoms with van der Waals surface area (Å²) < 4.78 is 27.5. The lowest BCUT2D eigenvalue weighted by Crippen LogP contribution is -2.62. The van der Waals surface area contributed by atoms with E-state index >= 15 is 0 Å². The van der Waals surface area contributed by atoms with Gasteiger partial charge in [-0.1, -0.05) is 43.2 Å². The molecule has 150 valence electrons. The van der Waals surface area contributed by atoms with E-state index < -0.39 is 15.4 Å². The van der Waals surface area contributed by atoms with Gasteiger partial charge in [-0.05, 0) is 47.2 Å². The molecular weight excluding hydrogens is 392 g/mol. The molecule has 2 heterocycles. The van der Waals surface area contributed by atoms with Gasteiger partial charge in [-0.3, -0.25) is 4.79 Å². The maximum absolute atomic E-state index is 13.3. The second-order valence-corrected chi connectivity index (χ2v) is 10.6. The topological polar surface area (TPSA) is 66.5 Å². The molecule has 2 atom stereocenters. The van der Waals surface area contributed by atoms with Crippen LogP contribution in [0.15, 0.2) is 47.2 Å². The fourth-order valence-corrected chi connectivity index (χ4v) is 7.22. The lowest BCUT2D eigenvalue weighted by atomic mass is 9.67. The minimum Gasteiger partial charge on any atom is -0.351 e. The quantitative estimate of drug-likeness (QED) is 0.808. The Morgan fingerprint density at radius 1 is 1.14 bits per heavy atom. The smallest absolute Gasteiger partial charge is 0.228 e. The monoisotopic (exact) mass is 418 g/mol. The van der Waals surface area contributed by atoms with Crippen LogP contribution in [0.1, 0.15) is 43.2 Å². The third kappa shape index (κ3) is 3.75. The van der Waals surface area contributed by atoms with E-state index in [1.807, 2.05) is 47.2 Å². The average Bonchev–Trinajstić information content (AvgIpc) is 3.23. The van der Waals surface area contributed by atoms with Gasteiger partial charge >= 0.3 is 0 Å². The predicted molar refractivity (Wildman–Crippen MR) is 111 cm³/mol. The number of fused-ring (bicyclic) bond motifs is 1. The van der Waals surface area contributed by atoms with E-state index in [1.54, 1.807) is 15.6 Å². The van der Waals surface area contributed by atoms with Crippen molar-refractivity contribution >= 4 is 27.3 Å². The Kier molecular flexibility index (Phi) is 5.58. The van der Waals surface area contributed by atoms with Crippen LogP contribution in [0.5, 0.6) is 0 Å². The van der Waals surface area contributed by atoms with Gasteiger partial charge in [-0.15, -0.1) is 0 Å². The molecule has 1 saturated carbocycles. The number of nitrogens with zero attached hydrogens (tertiary/aromatic N) is 1. The molecule has 0 bridgehead atoms. The van der Waals surface area contributed by atoms with Gasteiger partial charge in [-0.25, -0.2) is 8.42 Å². The summed E-state index contributed by atoms with van der Waals surface area (Å²) in [7, 11) is -3.37. The van der Waals surface area contributed by atoms with Crippen LogP contribution in [0.25, 0.3) is 0 Å². The molecule has 0 unspecified atom stereocenters. The van der Waals surface area contributed by atoms with Crippen LogP contribution < -0.4 is 5.32 Å². The largest absolute Gasteiger partial charge is 0.351 e. The van der Waals surface area contributed by atoms with Crippen molar-refractivity contribution in [3.05, 3.63) is 58.3 Å². The van der Waals surface area contributed by atoms with E-state index in [2.05, 4.69) is 5.32 Å². The zero-order chi connectivity index (χ0) is 19.6. The number of nitrogens with one attached hydrogen (secondary N) is 1. The van der Waals surface area contributed by atoms with Gasteiger partial charge in [0.1, 0.15) is 0 Å². The van der Waals surface area contributed by atoms with Gasteiger partial charge in [0.25, 0.3) is 0 Å². The maximum atomic E-state index is 13.3. The van der Waals surface area contributed by atoms with Gasteiger partial charge in [-0.2, -0.15) is 15.6 Å². The van der Waals surface area contributed by atoms with Crippen molar-refractivity contribution in [2.24, 2.45) is 5.41 Å². The summed E-state index contributed by atoms with van der Waals surface area (Å²) in [6.07, 6.45) is 3.86. The number of carbonyl (C=O) groups is 1. The Morgan fingerprint density at radius 2 is 1.96 bits per heavy atom. The summed E-state index contributed by atoms with van der Waals surface area (Å²) in [5.74, 6) is 0.0544. The Bertz CT molecular complexity index is 912. The van der Waals surface area contributed by atoms with Crippen molar-refractivity contribution in [3.8, 4) is 0 Å². The molecule has 2 aromatic rings. The van der Waals surface area contributed by atoms with Crippen molar-refractivity contribution < 1.29 is 13.2 Å². The fourth-order valence-electron chi connectivity index (χ4n) is 4.66. The van der Waals surface area contributed by atoms with E-state index in [9.17, 15) is 13.2 Å². The molecule has 1 N–H and O–H groups in total. The molecule has 1 aliphatic carbocycles. The number of benzene rings is 1. The molecular formula is C21H26N2O3S2. The van der Waals surface area contributed by atoms with E-state index in [1.165, 1.54) is 0 Å². The highest BCUT2D eigenvalue weighted by Crippen LogP contribution is 2.47. The molecule has 0 spiro atoms. The Balaban J connectivity index is 1.60. The highest BCUT2D eigenvalue weighted by Gasteiger charge is 2.55. The van der Waals surface area contributed by atoms with Crippen LogP contribution in [-0.4, -0.2) is 30.4 Å². The molecule has 7 heteroatoms. The third-order valence-corrected chi connectivity index (χ3v) is 8.72. The van der Waals surface area contributed by atoms with Crippen LogP contribution in [0, 0.1) is 5.41 Å². The van der Waals surface area contributed by atoms with E-state index in [0.717, 1.165) is 36.8 Å². The van der Waals surface area contributed by atoms with Crippen molar-refractivity contribution in [3.63, 3.8) is 0 Å². The first-order valence-corrected chi connectivity index (χ1v) is 12.4. The van der Waals surface area contributed by atoms with Crippen molar-refractivity contribution in [1.29, 1.82) is 0 Å². The van der Waals surface area contributed by atoms with Crippen LogP contribution >= 0.6 is 11.3 Å². The lowest BCUT2D eigenvalue weighted by molar-refractivity contribution is -0.137. The van der Waals surface area contributed by atoms with Gasteiger partial charge in [0.05, 0.1) is 11.2 Å². The zero-order valence-corrected chi connectivity index (χ0v) is 17.5. The second kappa shape index (κ2) is 7.97. The molecule has 0 radical (unpaired) electrons. The molecule has 2 aliphatic rings. The number of hydrogen-bond donors (Lipinski definition) is 1. The second-order valence-electron chi connectivity index (χ2n) is 7.83. The van der Waals surface area contributed by atoms with Crippen LogP contribution in [0.4, 0.5) is 0 Å². The molecule has 1 aromatic carbocycles. The van der Waals surface area contributed by atoms with E-state index in [-0.39, 0.29) is 17.7 Å². The SMILES string of the molecule is O=C(NCc1ccsc1)[C@@]12CCCC[C@H]1N(Cc1ccccc1)S(=O)(=O)CC2. The first-order chi connectivity index (χ1) is 13.5. The molecule has 1 aromatic heterocycles. The molecule has 4 rings (SSSR count). The average molecular weight is 419 g/mol. The summed E-state index contributed by atoms with van der Waals surface area (Å²) in [6.45, 7) is 0.843. The number of thiophene rings is 1. The summed E-state index contributed by atoms with van der Waals surface area (Å²) >= 11 is 1.61. The first-order valence-electron chi connectivity index (χ1n) is 9.84. The van der Waals surface area contributed by atoms with E-state index in [4.69, 9.17) is 0 Å². The van der Waals surface area contributed by atoms with Gasteiger partial charge < -0.3 is 5.32 Å². The number of rotatable bonds is 5. The maximum Gasteiger partial charge on any atom is 0.228 e. The van der Waals surface area contributed by atoms with Crippen molar-refractivity contribution in [1.82, 2.24) is 9.62 Å². The van der Waals surface area contributed by atoms with Crippen LogP contribution in [0.3, 0.4) is 0 Å². The summed E-state index contributed by atoms with van der Waals surface area (Å²) in [5, 5.41) is 7.13. The van der Waals surface area contributed by atoms with Gasteiger partial charge in [0.2, 0.25) is 15.9 Å². The highest BCUT2D eigenvalue weighted by atomic mass is 32.2. The number of amides is 1. The number of hydrogen-bond acceptors (Lipinski definition) is 4. The molecule has 1 saturated heterocycles. The minimum atomic E-state index is -3.37. The Labute approximate surface area is 170 Å².